The summed E-state index contributed by atoms with van der Waals surface area (Å²) in [5.74, 6) is -2.81. The van der Waals surface area contributed by atoms with Crippen molar-refractivity contribution in [1.29, 1.82) is 0 Å². The zero-order valence-corrected chi connectivity index (χ0v) is 8.88. The first-order valence-corrected chi connectivity index (χ1v) is 4.60. The van der Waals surface area contributed by atoms with Crippen molar-refractivity contribution < 1.29 is 22.4 Å². The number of carbonyl (C=O) groups excluding carboxylic acids is 1. The lowest BCUT2D eigenvalue weighted by Crippen LogP contribution is -2.39. The predicted molar refractivity (Wildman–Crippen MR) is 53.8 cm³/mol. The summed E-state index contributed by atoms with van der Waals surface area (Å²) in [4.78, 5) is 11.3. The summed E-state index contributed by atoms with van der Waals surface area (Å²) in [7, 11) is 0.920. The molecule has 0 aromatic heterocycles. The highest BCUT2D eigenvalue weighted by atomic mass is 19.4. The van der Waals surface area contributed by atoms with Gasteiger partial charge in [-0.2, -0.15) is 13.2 Å². The summed E-state index contributed by atoms with van der Waals surface area (Å²) >= 11 is 0. The molecule has 0 bridgehead atoms. The summed E-state index contributed by atoms with van der Waals surface area (Å²) < 4.78 is 49.6. The standard InChI is InChI=1S/C10H10F4N2O/c1-16(9(17)10(12,13)14)8-4-7(11)3-2-6(8)5-15/h2-4H,5,15H2,1H3. The molecule has 0 radical (unpaired) electrons. The van der Waals surface area contributed by atoms with Crippen molar-refractivity contribution in [3.05, 3.63) is 29.6 Å². The van der Waals surface area contributed by atoms with Gasteiger partial charge in [0, 0.05) is 13.6 Å². The van der Waals surface area contributed by atoms with E-state index in [0.717, 1.165) is 19.2 Å². The summed E-state index contributed by atoms with van der Waals surface area (Å²) in [6.45, 7) is -0.0922. The number of anilines is 1. The first-order chi connectivity index (χ1) is 7.77. The third-order valence-electron chi connectivity index (χ3n) is 2.18. The van der Waals surface area contributed by atoms with E-state index in [1.54, 1.807) is 0 Å². The van der Waals surface area contributed by atoms with E-state index < -0.39 is 17.9 Å². The monoisotopic (exact) mass is 250 g/mol. The third-order valence-corrected chi connectivity index (χ3v) is 2.18. The molecule has 0 saturated carbocycles. The van der Waals surface area contributed by atoms with E-state index in [0.29, 0.717) is 4.90 Å². The van der Waals surface area contributed by atoms with Crippen molar-refractivity contribution in [2.75, 3.05) is 11.9 Å². The van der Waals surface area contributed by atoms with E-state index in [1.165, 1.54) is 6.07 Å². The molecular weight excluding hydrogens is 240 g/mol. The number of halogens is 4. The smallest absolute Gasteiger partial charge is 0.326 e. The fraction of sp³-hybridized carbons (Fsp3) is 0.300. The van der Waals surface area contributed by atoms with Crippen molar-refractivity contribution in [3.8, 4) is 0 Å². The lowest BCUT2D eigenvalue weighted by atomic mass is 10.1. The van der Waals surface area contributed by atoms with Crippen LogP contribution < -0.4 is 10.6 Å². The fourth-order valence-electron chi connectivity index (χ4n) is 1.32. The van der Waals surface area contributed by atoms with Gasteiger partial charge < -0.3 is 10.6 Å². The van der Waals surface area contributed by atoms with Gasteiger partial charge in [-0.1, -0.05) is 6.07 Å². The Hall–Kier alpha value is -1.63. The first-order valence-electron chi connectivity index (χ1n) is 4.60. The van der Waals surface area contributed by atoms with Crippen LogP contribution in [0, 0.1) is 5.82 Å². The molecule has 1 amide bonds. The minimum atomic E-state index is -5.01. The Balaban J connectivity index is 3.15. The third kappa shape index (κ3) is 2.94. The van der Waals surface area contributed by atoms with Gasteiger partial charge in [0.25, 0.3) is 0 Å². The maximum atomic E-state index is 12.9. The Bertz CT molecular complexity index is 431. The summed E-state index contributed by atoms with van der Waals surface area (Å²) in [6.07, 6.45) is -5.01. The Labute approximate surface area is 94.8 Å². The van der Waals surface area contributed by atoms with Gasteiger partial charge in [-0.3, -0.25) is 4.79 Å². The molecule has 1 rings (SSSR count). The molecule has 0 heterocycles. The SMILES string of the molecule is CN(C(=O)C(F)(F)F)c1cc(F)ccc1CN. The van der Waals surface area contributed by atoms with E-state index in [-0.39, 0.29) is 17.8 Å². The molecule has 0 spiro atoms. The Kier molecular flexibility index (Phi) is 3.72. The van der Waals surface area contributed by atoms with Crippen LogP contribution in [0.15, 0.2) is 18.2 Å². The van der Waals surface area contributed by atoms with Gasteiger partial charge in [-0.15, -0.1) is 0 Å². The minimum absolute atomic E-state index is 0.0922. The second-order valence-corrected chi connectivity index (χ2v) is 3.34. The van der Waals surface area contributed by atoms with Crippen LogP contribution >= 0.6 is 0 Å². The zero-order chi connectivity index (χ0) is 13.2. The molecule has 0 atom stereocenters. The van der Waals surface area contributed by atoms with Crippen molar-refractivity contribution >= 4 is 11.6 Å². The molecule has 17 heavy (non-hydrogen) atoms. The van der Waals surface area contributed by atoms with E-state index in [4.69, 9.17) is 5.73 Å². The molecule has 1 aromatic carbocycles. The minimum Gasteiger partial charge on any atom is -0.326 e. The van der Waals surface area contributed by atoms with E-state index in [9.17, 15) is 22.4 Å². The average molecular weight is 250 g/mol. The van der Waals surface area contributed by atoms with Gasteiger partial charge in [0.1, 0.15) is 5.82 Å². The second kappa shape index (κ2) is 4.70. The van der Waals surface area contributed by atoms with Crippen LogP contribution in [0.5, 0.6) is 0 Å². The Morgan fingerprint density at radius 2 is 2.00 bits per heavy atom. The number of carbonyl (C=O) groups is 1. The maximum absolute atomic E-state index is 12.9. The van der Waals surface area contributed by atoms with Crippen LogP contribution in [-0.2, 0) is 11.3 Å². The number of nitrogens with zero attached hydrogens (tertiary/aromatic N) is 1. The largest absolute Gasteiger partial charge is 0.471 e. The van der Waals surface area contributed by atoms with E-state index in [2.05, 4.69) is 0 Å². The van der Waals surface area contributed by atoms with Gasteiger partial charge in [-0.05, 0) is 17.7 Å². The van der Waals surface area contributed by atoms with Crippen LogP contribution in [0.4, 0.5) is 23.2 Å². The molecule has 3 nitrogen and oxygen atoms in total. The van der Waals surface area contributed by atoms with Crippen molar-refractivity contribution in [2.24, 2.45) is 5.73 Å². The van der Waals surface area contributed by atoms with Crippen LogP contribution in [-0.4, -0.2) is 19.1 Å². The molecule has 0 aliphatic rings. The number of nitrogens with two attached hydrogens (primary N) is 1. The van der Waals surface area contributed by atoms with Crippen molar-refractivity contribution in [3.63, 3.8) is 0 Å². The molecule has 2 N–H and O–H groups in total. The van der Waals surface area contributed by atoms with Gasteiger partial charge in [0.15, 0.2) is 0 Å². The normalized spacial score (nSPS) is 11.4. The summed E-state index contributed by atoms with van der Waals surface area (Å²) in [5.41, 5.74) is 5.38. The fourth-order valence-corrected chi connectivity index (χ4v) is 1.32. The highest BCUT2D eigenvalue weighted by Gasteiger charge is 2.42. The Morgan fingerprint density at radius 1 is 1.41 bits per heavy atom. The topological polar surface area (TPSA) is 46.3 Å². The quantitative estimate of drug-likeness (QED) is 0.814. The predicted octanol–water partition coefficient (Wildman–Crippen LogP) is 1.81. The van der Waals surface area contributed by atoms with E-state index in [1.807, 2.05) is 0 Å². The molecular formula is C10H10F4N2O. The average Bonchev–Trinajstić information content (AvgIpc) is 2.25. The van der Waals surface area contributed by atoms with Crippen molar-refractivity contribution in [1.82, 2.24) is 0 Å². The zero-order valence-electron chi connectivity index (χ0n) is 8.88. The molecule has 0 aliphatic heterocycles. The second-order valence-electron chi connectivity index (χ2n) is 3.34. The van der Waals surface area contributed by atoms with Gasteiger partial charge in [0.05, 0.1) is 5.69 Å². The lowest BCUT2D eigenvalue weighted by molar-refractivity contribution is -0.170. The molecule has 0 aliphatic carbocycles. The molecule has 0 unspecified atom stereocenters. The molecule has 0 fully saturated rings. The van der Waals surface area contributed by atoms with Gasteiger partial charge >= 0.3 is 12.1 Å². The van der Waals surface area contributed by atoms with Crippen LogP contribution in [0.1, 0.15) is 5.56 Å². The van der Waals surface area contributed by atoms with Crippen LogP contribution in [0.3, 0.4) is 0 Å². The van der Waals surface area contributed by atoms with Crippen LogP contribution in [0.25, 0.3) is 0 Å². The lowest BCUT2D eigenvalue weighted by Gasteiger charge is -2.21. The van der Waals surface area contributed by atoms with Crippen LogP contribution in [0.2, 0.25) is 0 Å². The Morgan fingerprint density at radius 3 is 2.47 bits per heavy atom. The van der Waals surface area contributed by atoms with Gasteiger partial charge in [0.2, 0.25) is 0 Å². The number of hydrogen-bond acceptors (Lipinski definition) is 2. The number of benzene rings is 1. The number of amides is 1. The maximum Gasteiger partial charge on any atom is 0.471 e. The van der Waals surface area contributed by atoms with Gasteiger partial charge in [-0.25, -0.2) is 4.39 Å². The molecule has 1 aromatic rings. The highest BCUT2D eigenvalue weighted by Crippen LogP contribution is 2.25. The molecule has 7 heteroatoms. The first kappa shape index (κ1) is 13.4. The molecule has 0 saturated heterocycles. The highest BCUT2D eigenvalue weighted by molar-refractivity contribution is 5.97. The number of alkyl halides is 3. The summed E-state index contributed by atoms with van der Waals surface area (Å²) in [6, 6.07) is 3.15. The molecule has 94 valence electrons. The summed E-state index contributed by atoms with van der Waals surface area (Å²) in [5, 5.41) is 0. The van der Waals surface area contributed by atoms with E-state index >= 15 is 0 Å². The van der Waals surface area contributed by atoms with Crippen molar-refractivity contribution in [2.45, 2.75) is 12.7 Å². The number of hydrogen-bond donors (Lipinski definition) is 1. The number of rotatable bonds is 2.